The predicted octanol–water partition coefficient (Wildman–Crippen LogP) is -0.519. The number of aliphatic hydroxyl groups excluding tert-OH is 1. The fraction of sp³-hybridized carbons (Fsp3) is 0.909. The number of hydrogen-bond donors (Lipinski definition) is 3. The minimum absolute atomic E-state index is 0.0193. The lowest BCUT2D eigenvalue weighted by atomic mass is 10.1. The Bertz CT molecular complexity index is 387. The SMILES string of the molecule is CCC(CO)NC(=O)NC1CCN(S(C)(=O)=O)CC1. The van der Waals surface area contributed by atoms with E-state index in [0.29, 0.717) is 32.4 Å². The molecule has 1 aliphatic rings. The highest BCUT2D eigenvalue weighted by atomic mass is 32.2. The van der Waals surface area contributed by atoms with Crippen LogP contribution in [0.5, 0.6) is 0 Å². The van der Waals surface area contributed by atoms with E-state index in [1.807, 2.05) is 6.92 Å². The summed E-state index contributed by atoms with van der Waals surface area (Å²) in [4.78, 5) is 11.7. The van der Waals surface area contributed by atoms with Crippen LogP contribution in [-0.2, 0) is 10.0 Å². The summed E-state index contributed by atoms with van der Waals surface area (Å²) in [6, 6.07) is -0.566. The topological polar surface area (TPSA) is 98.7 Å². The molecule has 0 radical (unpaired) electrons. The Hall–Kier alpha value is -0.860. The molecule has 0 aromatic rings. The second-order valence-corrected chi connectivity index (χ2v) is 6.82. The van der Waals surface area contributed by atoms with E-state index < -0.39 is 10.0 Å². The summed E-state index contributed by atoms with van der Waals surface area (Å²) in [5.74, 6) is 0. The largest absolute Gasteiger partial charge is 0.394 e. The van der Waals surface area contributed by atoms with Crippen molar-refractivity contribution in [3.63, 3.8) is 0 Å². The van der Waals surface area contributed by atoms with Gasteiger partial charge in [0.1, 0.15) is 0 Å². The highest BCUT2D eigenvalue weighted by Gasteiger charge is 2.25. The van der Waals surface area contributed by atoms with Crippen LogP contribution in [0.15, 0.2) is 0 Å². The lowest BCUT2D eigenvalue weighted by molar-refractivity contribution is 0.206. The first-order valence-electron chi connectivity index (χ1n) is 6.49. The maximum absolute atomic E-state index is 11.7. The fourth-order valence-electron chi connectivity index (χ4n) is 2.02. The Balaban J connectivity index is 2.35. The normalized spacial score (nSPS) is 19.9. The van der Waals surface area contributed by atoms with Crippen LogP contribution in [0.3, 0.4) is 0 Å². The standard InChI is InChI=1S/C11H23N3O4S/c1-3-9(8-15)12-11(16)13-10-4-6-14(7-5-10)19(2,17)18/h9-10,15H,3-8H2,1-2H3,(H2,12,13,16). The van der Waals surface area contributed by atoms with Crippen molar-refractivity contribution in [1.29, 1.82) is 0 Å². The third-order valence-electron chi connectivity index (χ3n) is 3.31. The molecule has 0 aromatic carbocycles. The Morgan fingerprint density at radius 1 is 1.42 bits per heavy atom. The van der Waals surface area contributed by atoms with Crippen LogP contribution >= 0.6 is 0 Å². The third-order valence-corrected chi connectivity index (χ3v) is 4.61. The molecule has 7 nitrogen and oxygen atoms in total. The number of nitrogens with one attached hydrogen (secondary N) is 2. The molecule has 0 spiro atoms. The van der Waals surface area contributed by atoms with Gasteiger partial charge >= 0.3 is 6.03 Å². The van der Waals surface area contributed by atoms with Crippen molar-refractivity contribution in [2.24, 2.45) is 0 Å². The van der Waals surface area contributed by atoms with Gasteiger partial charge < -0.3 is 15.7 Å². The second kappa shape index (κ2) is 7.06. The van der Waals surface area contributed by atoms with Crippen molar-refractivity contribution in [2.75, 3.05) is 26.0 Å². The van der Waals surface area contributed by atoms with E-state index in [4.69, 9.17) is 5.11 Å². The summed E-state index contributed by atoms with van der Waals surface area (Å²) in [6.45, 7) is 2.66. The minimum atomic E-state index is -3.13. The molecule has 8 heteroatoms. The molecule has 0 aliphatic carbocycles. The number of piperidine rings is 1. The molecule has 3 N–H and O–H groups in total. The molecule has 1 unspecified atom stereocenters. The smallest absolute Gasteiger partial charge is 0.315 e. The van der Waals surface area contributed by atoms with Gasteiger partial charge in [0.05, 0.1) is 18.9 Å². The Kier molecular flexibility index (Phi) is 6.02. The molecule has 1 atom stereocenters. The van der Waals surface area contributed by atoms with Crippen LogP contribution in [0.25, 0.3) is 0 Å². The third kappa shape index (κ3) is 5.33. The number of aliphatic hydroxyl groups is 1. The molecule has 2 amide bonds. The number of carbonyl (C=O) groups is 1. The van der Waals surface area contributed by atoms with Crippen molar-refractivity contribution in [1.82, 2.24) is 14.9 Å². The number of rotatable bonds is 5. The molecule has 112 valence electrons. The minimum Gasteiger partial charge on any atom is -0.394 e. The van der Waals surface area contributed by atoms with Crippen LogP contribution in [0.2, 0.25) is 0 Å². The molecule has 19 heavy (non-hydrogen) atoms. The van der Waals surface area contributed by atoms with Crippen LogP contribution in [0.4, 0.5) is 4.79 Å². The average Bonchev–Trinajstić information content (AvgIpc) is 2.35. The summed E-state index contributed by atoms with van der Waals surface area (Å²) in [7, 11) is -3.13. The summed E-state index contributed by atoms with van der Waals surface area (Å²) < 4.78 is 24.1. The molecule has 0 aromatic heterocycles. The van der Waals surface area contributed by atoms with Gasteiger partial charge in [-0.05, 0) is 19.3 Å². The first-order chi connectivity index (χ1) is 8.86. The monoisotopic (exact) mass is 293 g/mol. The van der Waals surface area contributed by atoms with E-state index in [1.54, 1.807) is 0 Å². The van der Waals surface area contributed by atoms with Crippen LogP contribution in [0.1, 0.15) is 26.2 Å². The van der Waals surface area contributed by atoms with Gasteiger partial charge in [-0.25, -0.2) is 17.5 Å². The zero-order valence-corrected chi connectivity index (χ0v) is 12.2. The molecule has 0 saturated carbocycles. The number of nitrogens with zero attached hydrogens (tertiary/aromatic N) is 1. The molecule has 1 saturated heterocycles. The van der Waals surface area contributed by atoms with E-state index in [2.05, 4.69) is 10.6 Å². The Labute approximate surface area is 114 Å². The quantitative estimate of drug-likeness (QED) is 0.635. The van der Waals surface area contributed by atoms with Crippen molar-refractivity contribution < 1.29 is 18.3 Å². The fourth-order valence-corrected chi connectivity index (χ4v) is 2.90. The van der Waals surface area contributed by atoms with Gasteiger partial charge in [-0.2, -0.15) is 0 Å². The molecule has 1 fully saturated rings. The Morgan fingerprint density at radius 2 is 2.00 bits per heavy atom. The molecule has 0 bridgehead atoms. The van der Waals surface area contributed by atoms with E-state index in [-0.39, 0.29) is 24.7 Å². The summed E-state index contributed by atoms with van der Waals surface area (Å²) in [5, 5.41) is 14.5. The summed E-state index contributed by atoms with van der Waals surface area (Å²) in [6.07, 6.45) is 3.07. The molecule has 1 aliphatic heterocycles. The lowest BCUT2D eigenvalue weighted by Crippen LogP contribution is -2.51. The van der Waals surface area contributed by atoms with E-state index in [0.717, 1.165) is 0 Å². The number of hydrogen-bond acceptors (Lipinski definition) is 4. The maximum atomic E-state index is 11.7. The zero-order valence-electron chi connectivity index (χ0n) is 11.4. The van der Waals surface area contributed by atoms with Crippen LogP contribution in [-0.4, -0.2) is 61.9 Å². The molecule has 1 rings (SSSR count). The summed E-state index contributed by atoms with van der Waals surface area (Å²) in [5.41, 5.74) is 0. The van der Waals surface area contributed by atoms with Crippen molar-refractivity contribution in [3.8, 4) is 0 Å². The van der Waals surface area contributed by atoms with Crippen LogP contribution in [0, 0.1) is 0 Å². The number of sulfonamides is 1. The summed E-state index contributed by atoms with van der Waals surface area (Å²) >= 11 is 0. The van der Waals surface area contributed by atoms with Gasteiger partial charge in [-0.1, -0.05) is 6.92 Å². The highest BCUT2D eigenvalue weighted by molar-refractivity contribution is 7.88. The highest BCUT2D eigenvalue weighted by Crippen LogP contribution is 2.12. The van der Waals surface area contributed by atoms with E-state index >= 15 is 0 Å². The van der Waals surface area contributed by atoms with Crippen molar-refractivity contribution >= 4 is 16.1 Å². The van der Waals surface area contributed by atoms with E-state index in [1.165, 1.54) is 10.6 Å². The molecular formula is C11H23N3O4S. The first kappa shape index (κ1) is 16.2. The average molecular weight is 293 g/mol. The molecule has 1 heterocycles. The lowest BCUT2D eigenvalue weighted by Gasteiger charge is -2.31. The number of carbonyl (C=O) groups excluding carboxylic acids is 1. The van der Waals surface area contributed by atoms with Gasteiger partial charge in [0.25, 0.3) is 0 Å². The number of urea groups is 1. The molecular weight excluding hydrogens is 270 g/mol. The van der Waals surface area contributed by atoms with Gasteiger partial charge in [0.2, 0.25) is 10.0 Å². The van der Waals surface area contributed by atoms with E-state index in [9.17, 15) is 13.2 Å². The Morgan fingerprint density at radius 3 is 2.42 bits per heavy atom. The van der Waals surface area contributed by atoms with Gasteiger partial charge in [-0.15, -0.1) is 0 Å². The zero-order chi connectivity index (χ0) is 14.5. The van der Waals surface area contributed by atoms with Gasteiger partial charge in [0.15, 0.2) is 0 Å². The maximum Gasteiger partial charge on any atom is 0.315 e. The van der Waals surface area contributed by atoms with Gasteiger partial charge in [-0.3, -0.25) is 0 Å². The predicted molar refractivity (Wildman–Crippen MR) is 72.3 cm³/mol. The second-order valence-electron chi connectivity index (χ2n) is 4.84. The van der Waals surface area contributed by atoms with Crippen molar-refractivity contribution in [3.05, 3.63) is 0 Å². The van der Waals surface area contributed by atoms with Crippen molar-refractivity contribution in [2.45, 2.75) is 38.3 Å². The number of amides is 2. The van der Waals surface area contributed by atoms with Crippen LogP contribution < -0.4 is 10.6 Å². The first-order valence-corrected chi connectivity index (χ1v) is 8.34. The van der Waals surface area contributed by atoms with Gasteiger partial charge in [0, 0.05) is 19.1 Å².